The molecular weight excluding hydrogens is 474 g/mol. The first-order valence-electron chi connectivity index (χ1n) is 13.4. The first-order chi connectivity index (χ1) is 17.5. The maximum Gasteiger partial charge on any atom is 0.257 e. The van der Waals surface area contributed by atoms with Gasteiger partial charge in [-0.2, -0.15) is 0 Å². The summed E-state index contributed by atoms with van der Waals surface area (Å²) in [6.45, 7) is 8.22. The molecule has 1 aromatic rings. The topological polar surface area (TPSA) is 79.9 Å². The van der Waals surface area contributed by atoms with Gasteiger partial charge in [0, 0.05) is 30.3 Å². The minimum absolute atomic E-state index is 0.0279. The number of ether oxygens (including phenoxy) is 2. The summed E-state index contributed by atoms with van der Waals surface area (Å²) in [6, 6.07) is 5.66. The number of hydrogen-bond acceptors (Lipinski definition) is 6. The highest BCUT2D eigenvalue weighted by atomic mass is 32.2. The van der Waals surface area contributed by atoms with Crippen LogP contribution in [0, 0.1) is 5.92 Å². The lowest BCUT2D eigenvalue weighted by atomic mass is 9.84. The monoisotopic (exact) mass is 517 g/mol. The number of benzene rings is 1. The van der Waals surface area contributed by atoms with Crippen LogP contribution in [0.4, 0.5) is 0 Å². The Labute approximate surface area is 220 Å². The molecule has 1 heterocycles. The van der Waals surface area contributed by atoms with Crippen molar-refractivity contribution in [3.63, 3.8) is 0 Å². The van der Waals surface area contributed by atoms with Gasteiger partial charge in [-0.15, -0.1) is 11.8 Å². The zero-order valence-electron chi connectivity index (χ0n) is 22.3. The van der Waals surface area contributed by atoms with E-state index >= 15 is 0 Å². The van der Waals surface area contributed by atoms with Gasteiger partial charge in [0.25, 0.3) is 5.91 Å². The fourth-order valence-electron chi connectivity index (χ4n) is 4.90. The van der Waals surface area contributed by atoms with Crippen molar-refractivity contribution in [3.8, 4) is 11.5 Å². The molecule has 7 nitrogen and oxygen atoms in total. The predicted octanol–water partition coefficient (Wildman–Crippen LogP) is 4.46. The number of unbranched alkanes of at least 4 members (excludes halogenated alkanes) is 2. The van der Waals surface area contributed by atoms with Crippen molar-refractivity contribution in [1.82, 2.24) is 15.5 Å². The van der Waals surface area contributed by atoms with Crippen molar-refractivity contribution >= 4 is 29.7 Å². The van der Waals surface area contributed by atoms with Gasteiger partial charge in [0.15, 0.2) is 11.5 Å². The first kappa shape index (κ1) is 28.4. The maximum atomic E-state index is 12.9. The Morgan fingerprint density at radius 1 is 1.11 bits per heavy atom. The highest BCUT2D eigenvalue weighted by Gasteiger charge is 2.39. The minimum atomic E-state index is -0.0698. The van der Waals surface area contributed by atoms with E-state index in [0.717, 1.165) is 38.0 Å². The molecule has 2 amide bonds. The molecule has 1 aliphatic heterocycles. The zero-order chi connectivity index (χ0) is 25.9. The van der Waals surface area contributed by atoms with Gasteiger partial charge in [0.05, 0.1) is 19.1 Å². The van der Waals surface area contributed by atoms with Gasteiger partial charge in [0.1, 0.15) is 0 Å². The highest BCUT2D eigenvalue weighted by molar-refractivity contribution is 8.04. The predicted molar refractivity (Wildman–Crippen MR) is 147 cm³/mol. The van der Waals surface area contributed by atoms with E-state index in [-0.39, 0.29) is 29.0 Å². The number of carbonyl (C=O) groups excluding carboxylic acids is 2. The van der Waals surface area contributed by atoms with Crippen LogP contribution in [0.3, 0.4) is 0 Å². The molecule has 3 rings (SSSR count). The average molecular weight is 518 g/mol. The summed E-state index contributed by atoms with van der Waals surface area (Å²) in [5.41, 5.74) is 0.892. The number of nitrogens with one attached hydrogen (secondary N) is 2. The van der Waals surface area contributed by atoms with E-state index in [2.05, 4.69) is 29.4 Å². The number of thioether (sulfide) groups is 1. The summed E-state index contributed by atoms with van der Waals surface area (Å²) in [5.74, 6) is 1.32. The molecular formula is C28H43N3O4S. The molecule has 1 saturated carbocycles. The SMILES string of the molecule is CCCCN(CCCC)CCNC(=O)C1CCC2S/C(=C/c3ccc(OC)c(OC)c3)C(=O)NC2C1. The van der Waals surface area contributed by atoms with Crippen LogP contribution < -0.4 is 20.1 Å². The molecule has 3 unspecified atom stereocenters. The van der Waals surface area contributed by atoms with E-state index in [1.54, 1.807) is 26.0 Å². The Bertz CT molecular complexity index is 899. The number of hydrogen-bond donors (Lipinski definition) is 2. The molecule has 1 aromatic carbocycles. The number of carbonyl (C=O) groups is 2. The zero-order valence-corrected chi connectivity index (χ0v) is 23.1. The molecule has 0 bridgehead atoms. The molecule has 0 radical (unpaired) electrons. The van der Waals surface area contributed by atoms with Gasteiger partial charge in [-0.25, -0.2) is 0 Å². The molecule has 3 atom stereocenters. The number of fused-ring (bicyclic) bond motifs is 1. The van der Waals surface area contributed by atoms with Crippen LogP contribution in [0.2, 0.25) is 0 Å². The summed E-state index contributed by atoms with van der Waals surface area (Å²) >= 11 is 1.63. The van der Waals surface area contributed by atoms with Gasteiger partial charge in [0.2, 0.25) is 5.91 Å². The van der Waals surface area contributed by atoms with Gasteiger partial charge < -0.3 is 25.0 Å². The van der Waals surface area contributed by atoms with E-state index in [1.807, 2.05) is 24.3 Å². The summed E-state index contributed by atoms with van der Waals surface area (Å²) in [6.07, 6.45) is 9.15. The molecule has 8 heteroatoms. The van der Waals surface area contributed by atoms with Crippen molar-refractivity contribution < 1.29 is 19.1 Å². The number of amides is 2. The average Bonchev–Trinajstić information content (AvgIpc) is 2.89. The summed E-state index contributed by atoms with van der Waals surface area (Å²) in [7, 11) is 3.21. The Balaban J connectivity index is 1.51. The largest absolute Gasteiger partial charge is 0.493 e. The van der Waals surface area contributed by atoms with Crippen LogP contribution in [0.15, 0.2) is 23.1 Å². The van der Waals surface area contributed by atoms with E-state index in [9.17, 15) is 9.59 Å². The maximum absolute atomic E-state index is 12.9. The molecule has 2 N–H and O–H groups in total. The van der Waals surface area contributed by atoms with Crippen molar-refractivity contribution in [3.05, 3.63) is 28.7 Å². The van der Waals surface area contributed by atoms with E-state index in [4.69, 9.17) is 9.47 Å². The van der Waals surface area contributed by atoms with Gasteiger partial charge in [-0.3, -0.25) is 9.59 Å². The number of rotatable bonds is 13. The molecule has 2 aliphatic rings. The quantitative estimate of drug-likeness (QED) is 0.376. The Morgan fingerprint density at radius 2 is 1.83 bits per heavy atom. The van der Waals surface area contributed by atoms with Gasteiger partial charge >= 0.3 is 0 Å². The van der Waals surface area contributed by atoms with E-state index in [0.29, 0.717) is 29.4 Å². The van der Waals surface area contributed by atoms with Gasteiger partial charge in [-0.05, 0) is 69.0 Å². The Hall–Kier alpha value is -2.19. The van der Waals surface area contributed by atoms with Crippen LogP contribution in [0.1, 0.15) is 64.4 Å². The first-order valence-corrected chi connectivity index (χ1v) is 14.3. The summed E-state index contributed by atoms with van der Waals surface area (Å²) in [4.78, 5) is 28.9. The molecule has 2 fully saturated rings. The molecule has 36 heavy (non-hydrogen) atoms. The van der Waals surface area contributed by atoms with Crippen molar-refractivity contribution in [2.45, 2.75) is 70.1 Å². The smallest absolute Gasteiger partial charge is 0.257 e. The lowest BCUT2D eigenvalue weighted by molar-refractivity contribution is -0.127. The highest BCUT2D eigenvalue weighted by Crippen LogP contribution is 2.40. The van der Waals surface area contributed by atoms with E-state index in [1.165, 1.54) is 25.7 Å². The third kappa shape index (κ3) is 7.90. The molecule has 0 aromatic heterocycles. The van der Waals surface area contributed by atoms with E-state index < -0.39 is 0 Å². The standard InChI is InChI=1S/C28H43N3O4S/c1-5-7-14-31(15-8-6-2)16-13-29-27(32)21-10-12-25-22(19-21)30-28(33)26(36-25)18-20-9-11-23(34-3)24(17-20)35-4/h9,11,17-18,21-22,25H,5-8,10,12-16,19H2,1-4H3,(H,29,32)(H,30,33)/b26-18+. The molecule has 1 aliphatic carbocycles. The third-order valence-electron chi connectivity index (χ3n) is 7.06. The second-order valence-electron chi connectivity index (χ2n) is 9.71. The number of methoxy groups -OCH3 is 2. The molecule has 200 valence electrons. The summed E-state index contributed by atoms with van der Waals surface area (Å²) < 4.78 is 10.7. The lowest BCUT2D eigenvalue weighted by Crippen LogP contribution is -2.52. The van der Waals surface area contributed by atoms with Crippen molar-refractivity contribution in [2.75, 3.05) is 40.4 Å². The third-order valence-corrected chi connectivity index (χ3v) is 8.49. The van der Waals surface area contributed by atoms with Crippen LogP contribution in [0.5, 0.6) is 11.5 Å². The Kier molecular flexibility index (Phi) is 11.5. The fourth-order valence-corrected chi connectivity index (χ4v) is 6.20. The molecule has 0 spiro atoms. The van der Waals surface area contributed by atoms with Gasteiger partial charge in [-0.1, -0.05) is 32.8 Å². The van der Waals surface area contributed by atoms with Crippen molar-refractivity contribution in [1.29, 1.82) is 0 Å². The number of nitrogens with zero attached hydrogens (tertiary/aromatic N) is 1. The molecule has 1 saturated heterocycles. The van der Waals surface area contributed by atoms with Crippen LogP contribution in [-0.2, 0) is 9.59 Å². The van der Waals surface area contributed by atoms with Crippen LogP contribution in [0.25, 0.3) is 6.08 Å². The normalized spacial score (nSPS) is 22.8. The van der Waals surface area contributed by atoms with Crippen LogP contribution in [-0.4, -0.2) is 68.4 Å². The van der Waals surface area contributed by atoms with Crippen molar-refractivity contribution in [2.24, 2.45) is 5.92 Å². The van der Waals surface area contributed by atoms with Crippen LogP contribution >= 0.6 is 11.8 Å². The lowest BCUT2D eigenvalue weighted by Gasteiger charge is -2.39. The second-order valence-corrected chi connectivity index (χ2v) is 11.0. The second kappa shape index (κ2) is 14.5. The summed E-state index contributed by atoms with van der Waals surface area (Å²) in [5, 5.41) is 6.63. The fraction of sp³-hybridized carbons (Fsp3) is 0.643. The Morgan fingerprint density at radius 3 is 2.50 bits per heavy atom. The minimum Gasteiger partial charge on any atom is -0.493 e.